The Labute approximate surface area is 118 Å². The number of nitrogens with zero attached hydrogens (tertiary/aromatic N) is 5. The number of aromatic amines is 1. The minimum absolute atomic E-state index is 0.0117. The van der Waals surface area contributed by atoms with Gasteiger partial charge in [-0.25, -0.2) is 0 Å². The highest BCUT2D eigenvalue weighted by Gasteiger charge is 2.13. The second-order valence-electron chi connectivity index (χ2n) is 4.51. The number of aryl methyl sites for hydroxylation is 2. The second-order valence-corrected chi connectivity index (χ2v) is 4.51. The lowest BCUT2D eigenvalue weighted by molar-refractivity contribution is 0.436. The molecular formula is C13H12N6O2. The van der Waals surface area contributed by atoms with Crippen LogP contribution in [-0.4, -0.2) is 24.9 Å². The summed E-state index contributed by atoms with van der Waals surface area (Å²) in [6.45, 7) is 1.54. The number of benzene rings is 1. The highest BCUT2D eigenvalue weighted by atomic mass is 16.3. The van der Waals surface area contributed by atoms with E-state index in [1.54, 1.807) is 18.5 Å². The number of rotatable bonds is 2. The third kappa shape index (κ3) is 2.16. The molecule has 0 aliphatic carbocycles. The van der Waals surface area contributed by atoms with Crippen molar-refractivity contribution in [3.8, 4) is 5.88 Å². The number of nitrogens with one attached hydrogen (secondary N) is 1. The van der Waals surface area contributed by atoms with Crippen LogP contribution in [0.5, 0.6) is 5.88 Å². The molecule has 0 fully saturated rings. The van der Waals surface area contributed by atoms with Gasteiger partial charge in [0.1, 0.15) is 5.69 Å². The van der Waals surface area contributed by atoms with E-state index >= 15 is 0 Å². The Morgan fingerprint density at radius 2 is 2.00 bits per heavy atom. The summed E-state index contributed by atoms with van der Waals surface area (Å²) in [5, 5.41) is 26.0. The molecular weight excluding hydrogens is 272 g/mol. The Bertz CT molecular complexity index is 909. The van der Waals surface area contributed by atoms with Gasteiger partial charge in [-0.05, 0) is 13.0 Å². The highest BCUT2D eigenvalue weighted by molar-refractivity contribution is 5.94. The Hall–Kier alpha value is -3.03. The van der Waals surface area contributed by atoms with E-state index in [1.165, 1.54) is 0 Å². The minimum Gasteiger partial charge on any atom is -0.493 e. The summed E-state index contributed by atoms with van der Waals surface area (Å²) in [5.41, 5.74) is 1.02. The van der Waals surface area contributed by atoms with Crippen LogP contribution in [-0.2, 0) is 7.05 Å². The molecule has 0 spiro atoms. The zero-order valence-electron chi connectivity index (χ0n) is 11.4. The van der Waals surface area contributed by atoms with Crippen molar-refractivity contribution >= 4 is 22.5 Å². The van der Waals surface area contributed by atoms with Crippen molar-refractivity contribution in [1.29, 1.82) is 0 Å². The summed E-state index contributed by atoms with van der Waals surface area (Å²) in [6.07, 6.45) is 0. The van der Waals surface area contributed by atoms with Crippen LogP contribution in [0, 0.1) is 6.92 Å². The van der Waals surface area contributed by atoms with Gasteiger partial charge in [-0.15, -0.1) is 20.4 Å². The number of hydrogen-bond acceptors (Lipinski definition) is 6. The normalized spacial score (nSPS) is 11.5. The van der Waals surface area contributed by atoms with E-state index in [-0.39, 0.29) is 23.1 Å². The predicted molar refractivity (Wildman–Crippen MR) is 76.1 cm³/mol. The number of fused-ring (bicyclic) bond motifs is 1. The molecule has 106 valence electrons. The molecule has 0 saturated carbocycles. The van der Waals surface area contributed by atoms with Gasteiger partial charge in [0.25, 0.3) is 11.5 Å². The summed E-state index contributed by atoms with van der Waals surface area (Å²) >= 11 is 0. The molecule has 3 rings (SSSR count). The molecule has 3 aromatic rings. The first-order chi connectivity index (χ1) is 10.1. The summed E-state index contributed by atoms with van der Waals surface area (Å²) in [7, 11) is 1.73. The maximum Gasteiger partial charge on any atom is 0.274 e. The molecule has 2 N–H and O–H groups in total. The summed E-state index contributed by atoms with van der Waals surface area (Å²) < 4.78 is 1.60. The Balaban J connectivity index is 2.09. The van der Waals surface area contributed by atoms with Crippen LogP contribution in [0.15, 0.2) is 39.3 Å². The molecule has 0 atom stereocenters. The van der Waals surface area contributed by atoms with Gasteiger partial charge in [0.15, 0.2) is 5.69 Å². The third-order valence-corrected chi connectivity index (χ3v) is 3.14. The second kappa shape index (κ2) is 4.82. The summed E-state index contributed by atoms with van der Waals surface area (Å²) in [4.78, 5) is 13.9. The quantitative estimate of drug-likeness (QED) is 0.702. The van der Waals surface area contributed by atoms with Crippen LogP contribution in [0.2, 0.25) is 0 Å². The summed E-state index contributed by atoms with van der Waals surface area (Å²) in [6, 6.07) is 7.40. The number of para-hydroxylation sites is 1. The lowest BCUT2D eigenvalue weighted by Crippen LogP contribution is -2.12. The molecule has 8 heteroatoms. The molecule has 21 heavy (non-hydrogen) atoms. The number of aromatic nitrogens is 4. The van der Waals surface area contributed by atoms with Crippen molar-refractivity contribution in [2.75, 3.05) is 0 Å². The van der Waals surface area contributed by atoms with Crippen molar-refractivity contribution < 1.29 is 5.11 Å². The fraction of sp³-hybridized carbons (Fsp3) is 0.154. The average molecular weight is 284 g/mol. The first-order valence-electron chi connectivity index (χ1n) is 6.19. The lowest BCUT2D eigenvalue weighted by Gasteiger charge is -1.95. The third-order valence-electron chi connectivity index (χ3n) is 3.14. The zero-order chi connectivity index (χ0) is 15.0. The van der Waals surface area contributed by atoms with E-state index < -0.39 is 0 Å². The molecule has 0 aliphatic rings. The molecule has 0 saturated heterocycles. The fourth-order valence-electron chi connectivity index (χ4n) is 1.99. The van der Waals surface area contributed by atoms with E-state index in [0.29, 0.717) is 5.69 Å². The average Bonchev–Trinajstić information content (AvgIpc) is 2.73. The monoisotopic (exact) mass is 284 g/mol. The molecule has 0 unspecified atom stereocenters. The van der Waals surface area contributed by atoms with E-state index in [9.17, 15) is 9.90 Å². The van der Waals surface area contributed by atoms with Crippen molar-refractivity contribution in [2.45, 2.75) is 6.92 Å². The van der Waals surface area contributed by atoms with Gasteiger partial charge in [0.2, 0.25) is 5.88 Å². The maximum absolute atomic E-state index is 11.4. The Morgan fingerprint density at radius 3 is 2.76 bits per heavy atom. The molecule has 0 radical (unpaired) electrons. The smallest absolute Gasteiger partial charge is 0.274 e. The topological polar surface area (TPSA) is 109 Å². The molecule has 0 bridgehead atoms. The van der Waals surface area contributed by atoms with Gasteiger partial charge < -0.3 is 9.67 Å². The minimum atomic E-state index is -0.374. The number of H-pyrrole nitrogens is 1. The van der Waals surface area contributed by atoms with E-state index in [4.69, 9.17) is 0 Å². The highest BCUT2D eigenvalue weighted by Crippen LogP contribution is 2.38. The van der Waals surface area contributed by atoms with Gasteiger partial charge in [0, 0.05) is 12.4 Å². The van der Waals surface area contributed by atoms with Crippen molar-refractivity contribution in [3.63, 3.8) is 0 Å². The number of azo groups is 1. The molecule has 2 aromatic heterocycles. The number of aromatic hydroxyl groups is 1. The SMILES string of the molecule is Cc1nnc(N=Nc2c(O)n(C)c3ccccc23)[nH]c1=O. The molecule has 1 aromatic carbocycles. The fourth-order valence-corrected chi connectivity index (χ4v) is 1.99. The van der Waals surface area contributed by atoms with Gasteiger partial charge in [-0.3, -0.25) is 9.78 Å². The largest absolute Gasteiger partial charge is 0.493 e. The Kier molecular flexibility index (Phi) is 2.98. The van der Waals surface area contributed by atoms with E-state index in [0.717, 1.165) is 10.9 Å². The van der Waals surface area contributed by atoms with E-state index in [2.05, 4.69) is 25.4 Å². The van der Waals surface area contributed by atoms with Gasteiger partial charge in [-0.1, -0.05) is 18.2 Å². The van der Waals surface area contributed by atoms with E-state index in [1.807, 2.05) is 24.3 Å². The van der Waals surface area contributed by atoms with Crippen LogP contribution in [0.3, 0.4) is 0 Å². The summed E-state index contributed by atoms with van der Waals surface area (Å²) in [5.74, 6) is -0.0275. The molecule has 8 nitrogen and oxygen atoms in total. The Morgan fingerprint density at radius 1 is 1.24 bits per heavy atom. The molecule has 2 heterocycles. The van der Waals surface area contributed by atoms with Crippen molar-refractivity contribution in [3.05, 3.63) is 40.3 Å². The van der Waals surface area contributed by atoms with Crippen LogP contribution < -0.4 is 5.56 Å². The van der Waals surface area contributed by atoms with Gasteiger partial charge >= 0.3 is 0 Å². The van der Waals surface area contributed by atoms with Crippen molar-refractivity contribution in [2.24, 2.45) is 17.3 Å². The standard InChI is InChI=1S/C13H12N6O2/c1-7-11(20)14-13(17-15-7)18-16-10-8-5-3-4-6-9(8)19(2)12(10)21/h3-6,21H,1-2H3,(H,14,17,20). The maximum atomic E-state index is 11.4. The van der Waals surface area contributed by atoms with Gasteiger partial charge in [-0.2, -0.15) is 0 Å². The van der Waals surface area contributed by atoms with Gasteiger partial charge in [0.05, 0.1) is 5.52 Å². The lowest BCUT2D eigenvalue weighted by atomic mass is 10.2. The van der Waals surface area contributed by atoms with Crippen LogP contribution >= 0.6 is 0 Å². The predicted octanol–water partition coefficient (Wildman–Crippen LogP) is 2.09. The van der Waals surface area contributed by atoms with Crippen molar-refractivity contribution in [1.82, 2.24) is 19.7 Å². The zero-order valence-corrected chi connectivity index (χ0v) is 11.4. The first-order valence-corrected chi connectivity index (χ1v) is 6.19. The number of hydrogen-bond donors (Lipinski definition) is 2. The first kappa shape index (κ1) is 13.0. The van der Waals surface area contributed by atoms with Crippen LogP contribution in [0.1, 0.15) is 5.69 Å². The van der Waals surface area contributed by atoms with Crippen LogP contribution in [0.25, 0.3) is 10.9 Å². The molecule has 0 amide bonds. The molecule has 0 aliphatic heterocycles. The van der Waals surface area contributed by atoms with Crippen LogP contribution in [0.4, 0.5) is 11.6 Å².